The Morgan fingerprint density at radius 3 is 3.06 bits per heavy atom. The summed E-state index contributed by atoms with van der Waals surface area (Å²) in [6.45, 7) is 3.93. The number of rotatable bonds is 3. The summed E-state index contributed by atoms with van der Waals surface area (Å²) in [5.41, 5.74) is 0.319. The predicted octanol–water partition coefficient (Wildman–Crippen LogP) is 0.713. The molecule has 1 aliphatic rings. The molecule has 16 heavy (non-hydrogen) atoms. The van der Waals surface area contributed by atoms with E-state index in [1.54, 1.807) is 4.68 Å². The summed E-state index contributed by atoms with van der Waals surface area (Å²) in [6.07, 6.45) is 4.82. The number of nitrogens with zero attached hydrogens (tertiary/aromatic N) is 2. The van der Waals surface area contributed by atoms with Gasteiger partial charge in [0.05, 0.1) is 11.3 Å². The predicted molar refractivity (Wildman–Crippen MR) is 63.1 cm³/mol. The number of aryl methyl sites for hydroxylation is 1. The van der Waals surface area contributed by atoms with Crippen molar-refractivity contribution in [3.8, 4) is 0 Å². The topological polar surface area (TPSA) is 50.1 Å². The summed E-state index contributed by atoms with van der Waals surface area (Å²) in [5.74, 6) is 0.336. The maximum atomic E-state index is 10.5. The third-order valence-corrected chi connectivity index (χ3v) is 3.48. The number of aromatic nitrogens is 2. The Kier molecular flexibility index (Phi) is 3.30. The van der Waals surface area contributed by atoms with Gasteiger partial charge < -0.3 is 10.4 Å². The molecule has 0 aliphatic carbocycles. The average Bonchev–Trinajstić information content (AvgIpc) is 2.64. The van der Waals surface area contributed by atoms with Crippen molar-refractivity contribution >= 4 is 0 Å². The van der Waals surface area contributed by atoms with Gasteiger partial charge in [0.15, 0.2) is 0 Å². The molecule has 2 heterocycles. The van der Waals surface area contributed by atoms with Crippen molar-refractivity contribution < 1.29 is 5.11 Å². The molecule has 0 bridgehead atoms. The molecule has 0 radical (unpaired) electrons. The largest absolute Gasteiger partial charge is 0.389 e. The number of hydrogen-bond donors (Lipinski definition) is 2. The van der Waals surface area contributed by atoms with Gasteiger partial charge in [-0.05, 0) is 32.4 Å². The highest BCUT2D eigenvalue weighted by Gasteiger charge is 2.33. The smallest absolute Gasteiger partial charge is 0.0715 e. The molecule has 4 nitrogen and oxygen atoms in total. The quantitative estimate of drug-likeness (QED) is 0.793. The molecule has 4 heteroatoms. The van der Waals surface area contributed by atoms with Gasteiger partial charge in [-0.25, -0.2) is 0 Å². The van der Waals surface area contributed by atoms with Crippen LogP contribution in [0.4, 0.5) is 0 Å². The first kappa shape index (κ1) is 11.6. The fourth-order valence-corrected chi connectivity index (χ4v) is 2.45. The van der Waals surface area contributed by atoms with E-state index in [-0.39, 0.29) is 0 Å². The summed E-state index contributed by atoms with van der Waals surface area (Å²) in [4.78, 5) is 0. The number of piperidine rings is 1. The van der Waals surface area contributed by atoms with Crippen LogP contribution in [0, 0.1) is 5.92 Å². The second-order valence-electron chi connectivity index (χ2n) is 5.06. The van der Waals surface area contributed by atoms with Crippen LogP contribution in [0.5, 0.6) is 0 Å². The highest BCUT2D eigenvalue weighted by atomic mass is 16.3. The van der Waals surface area contributed by atoms with Gasteiger partial charge in [-0.2, -0.15) is 5.10 Å². The number of nitrogens with one attached hydrogen (secondary N) is 1. The highest BCUT2D eigenvalue weighted by Crippen LogP contribution is 2.26. The molecular weight excluding hydrogens is 202 g/mol. The molecule has 1 saturated heterocycles. The van der Waals surface area contributed by atoms with Gasteiger partial charge in [0.1, 0.15) is 0 Å². The zero-order chi connectivity index (χ0) is 11.6. The molecule has 90 valence electrons. The van der Waals surface area contributed by atoms with E-state index in [0.29, 0.717) is 12.3 Å². The van der Waals surface area contributed by atoms with Gasteiger partial charge >= 0.3 is 0 Å². The van der Waals surface area contributed by atoms with Crippen molar-refractivity contribution in [3.05, 3.63) is 18.0 Å². The van der Waals surface area contributed by atoms with Crippen molar-refractivity contribution in [3.63, 3.8) is 0 Å². The molecule has 0 amide bonds. The number of hydrogen-bond acceptors (Lipinski definition) is 3. The van der Waals surface area contributed by atoms with Crippen molar-refractivity contribution in [2.75, 3.05) is 13.1 Å². The Morgan fingerprint density at radius 2 is 2.50 bits per heavy atom. The van der Waals surface area contributed by atoms with Crippen LogP contribution in [0.15, 0.2) is 12.3 Å². The third-order valence-electron chi connectivity index (χ3n) is 3.48. The first-order chi connectivity index (χ1) is 7.58. The molecule has 2 N–H and O–H groups in total. The minimum absolute atomic E-state index is 0.336. The highest BCUT2D eigenvalue weighted by molar-refractivity contribution is 5.04. The lowest BCUT2D eigenvalue weighted by Gasteiger charge is -2.35. The van der Waals surface area contributed by atoms with Crippen LogP contribution in [0.25, 0.3) is 0 Å². The standard InChI is InChI=1S/C12H21N3O/c1-12(16,10-4-3-6-13-9-10)8-11-5-7-15(2)14-11/h5,7,10,13,16H,3-4,6,8-9H2,1-2H3. The monoisotopic (exact) mass is 223 g/mol. The van der Waals surface area contributed by atoms with E-state index >= 15 is 0 Å². The van der Waals surface area contributed by atoms with Gasteiger partial charge in [0.25, 0.3) is 0 Å². The van der Waals surface area contributed by atoms with Crippen LogP contribution in [0.2, 0.25) is 0 Å². The van der Waals surface area contributed by atoms with Crippen molar-refractivity contribution in [1.82, 2.24) is 15.1 Å². The zero-order valence-corrected chi connectivity index (χ0v) is 10.1. The Bertz CT molecular complexity index is 340. The Morgan fingerprint density at radius 1 is 1.69 bits per heavy atom. The number of aliphatic hydroxyl groups is 1. The van der Waals surface area contributed by atoms with Crippen LogP contribution >= 0.6 is 0 Å². The van der Waals surface area contributed by atoms with Gasteiger partial charge in [-0.3, -0.25) is 4.68 Å². The fraction of sp³-hybridized carbons (Fsp3) is 0.750. The molecule has 1 fully saturated rings. The molecule has 0 saturated carbocycles. The molecule has 0 spiro atoms. The average molecular weight is 223 g/mol. The van der Waals surface area contributed by atoms with Crippen molar-refractivity contribution in [2.24, 2.45) is 13.0 Å². The van der Waals surface area contributed by atoms with Gasteiger partial charge in [0, 0.05) is 32.1 Å². The minimum Gasteiger partial charge on any atom is -0.389 e. The summed E-state index contributed by atoms with van der Waals surface area (Å²) in [6, 6.07) is 1.98. The molecule has 0 aromatic carbocycles. The van der Waals surface area contributed by atoms with Crippen LogP contribution in [0.3, 0.4) is 0 Å². The Hall–Kier alpha value is -0.870. The van der Waals surface area contributed by atoms with E-state index in [1.165, 1.54) is 0 Å². The van der Waals surface area contributed by atoms with E-state index in [0.717, 1.165) is 31.6 Å². The minimum atomic E-state index is -0.651. The molecular formula is C12H21N3O. The van der Waals surface area contributed by atoms with E-state index in [4.69, 9.17) is 0 Å². The SMILES string of the molecule is Cn1ccc(CC(C)(O)C2CCCNC2)n1. The Balaban J connectivity index is 2.00. The van der Waals surface area contributed by atoms with E-state index in [1.807, 2.05) is 26.2 Å². The lowest BCUT2D eigenvalue weighted by molar-refractivity contribution is -0.0110. The second-order valence-corrected chi connectivity index (χ2v) is 5.06. The Labute approximate surface area is 96.7 Å². The van der Waals surface area contributed by atoms with Gasteiger partial charge in [-0.1, -0.05) is 0 Å². The first-order valence-corrected chi connectivity index (χ1v) is 5.99. The first-order valence-electron chi connectivity index (χ1n) is 5.99. The molecule has 2 rings (SSSR count). The van der Waals surface area contributed by atoms with Crippen molar-refractivity contribution in [2.45, 2.75) is 31.8 Å². The third kappa shape index (κ3) is 2.62. The summed E-state index contributed by atoms with van der Waals surface area (Å²) >= 11 is 0. The molecule has 1 aromatic rings. The lowest BCUT2D eigenvalue weighted by Crippen LogP contribution is -2.45. The van der Waals surface area contributed by atoms with Crippen LogP contribution < -0.4 is 5.32 Å². The fourth-order valence-electron chi connectivity index (χ4n) is 2.45. The maximum absolute atomic E-state index is 10.5. The van der Waals surface area contributed by atoms with E-state index < -0.39 is 5.60 Å². The summed E-state index contributed by atoms with van der Waals surface area (Å²) < 4.78 is 1.78. The van der Waals surface area contributed by atoms with Gasteiger partial charge in [-0.15, -0.1) is 0 Å². The summed E-state index contributed by atoms with van der Waals surface area (Å²) in [5, 5.41) is 18.2. The van der Waals surface area contributed by atoms with E-state index in [9.17, 15) is 5.11 Å². The second kappa shape index (κ2) is 4.55. The molecule has 2 unspecified atom stereocenters. The van der Waals surface area contributed by atoms with Crippen LogP contribution in [-0.4, -0.2) is 33.6 Å². The lowest BCUT2D eigenvalue weighted by atomic mass is 9.80. The zero-order valence-electron chi connectivity index (χ0n) is 10.1. The molecule has 1 aliphatic heterocycles. The van der Waals surface area contributed by atoms with Crippen LogP contribution in [-0.2, 0) is 13.5 Å². The normalized spacial score (nSPS) is 25.3. The maximum Gasteiger partial charge on any atom is 0.0715 e. The van der Waals surface area contributed by atoms with E-state index in [2.05, 4.69) is 10.4 Å². The van der Waals surface area contributed by atoms with Crippen molar-refractivity contribution in [1.29, 1.82) is 0 Å². The molecule has 2 atom stereocenters. The summed E-state index contributed by atoms with van der Waals surface area (Å²) in [7, 11) is 1.90. The van der Waals surface area contributed by atoms with Crippen LogP contribution in [0.1, 0.15) is 25.5 Å². The molecule has 1 aromatic heterocycles. The van der Waals surface area contributed by atoms with Gasteiger partial charge in [0.2, 0.25) is 0 Å².